The summed E-state index contributed by atoms with van der Waals surface area (Å²) in [4.78, 5) is 23.7. The lowest BCUT2D eigenvalue weighted by Crippen LogP contribution is -2.06. The maximum atomic E-state index is 11.9. The van der Waals surface area contributed by atoms with Gasteiger partial charge in [-0.25, -0.2) is 9.59 Å². The first-order valence-electron chi connectivity index (χ1n) is 11.1. The number of rotatable bonds is 14. The highest BCUT2D eigenvalue weighted by molar-refractivity contribution is 5.90. The van der Waals surface area contributed by atoms with Crippen LogP contribution >= 0.6 is 0 Å². The zero-order valence-electron chi connectivity index (χ0n) is 18.2. The van der Waals surface area contributed by atoms with Gasteiger partial charge in [0.05, 0.1) is 24.3 Å². The molecule has 0 spiro atoms. The van der Waals surface area contributed by atoms with Crippen LogP contribution in [-0.4, -0.2) is 25.2 Å². The van der Waals surface area contributed by atoms with E-state index in [0.29, 0.717) is 35.7 Å². The lowest BCUT2D eigenvalue weighted by Gasteiger charge is -2.06. The molecule has 0 aromatic heterocycles. The Morgan fingerprint density at radius 1 is 0.516 bits per heavy atom. The molecule has 2 aromatic rings. The molecule has 31 heavy (non-hydrogen) atoms. The first-order chi connectivity index (χ1) is 15.1. The van der Waals surface area contributed by atoms with Crippen molar-refractivity contribution in [3.05, 3.63) is 59.7 Å². The molecule has 0 saturated carbocycles. The predicted octanol–water partition coefficient (Wildman–Crippen LogP) is 5.38. The molecule has 0 radical (unpaired) electrons. The first kappa shape index (κ1) is 24.3. The summed E-state index contributed by atoms with van der Waals surface area (Å²) >= 11 is 0. The molecule has 0 fully saturated rings. The zero-order valence-corrected chi connectivity index (χ0v) is 18.2. The summed E-state index contributed by atoms with van der Waals surface area (Å²) in [6, 6.07) is 13.5. The van der Waals surface area contributed by atoms with Crippen LogP contribution in [0.1, 0.15) is 78.5 Å². The first-order valence-corrected chi connectivity index (χ1v) is 11.1. The van der Waals surface area contributed by atoms with E-state index in [1.54, 1.807) is 48.5 Å². The number of nitrogens with two attached hydrogens (primary N) is 2. The Hall–Kier alpha value is -3.02. The molecule has 0 unspecified atom stereocenters. The van der Waals surface area contributed by atoms with E-state index in [1.165, 1.54) is 19.3 Å². The van der Waals surface area contributed by atoms with E-state index in [-0.39, 0.29) is 11.9 Å². The molecule has 168 valence electrons. The fraction of sp³-hybridized carbons (Fsp3) is 0.440. The van der Waals surface area contributed by atoms with Gasteiger partial charge in [-0.15, -0.1) is 0 Å². The van der Waals surface area contributed by atoms with E-state index in [2.05, 4.69) is 0 Å². The molecule has 2 aromatic carbocycles. The highest BCUT2D eigenvalue weighted by Gasteiger charge is 2.07. The number of esters is 2. The second-order valence-corrected chi connectivity index (χ2v) is 7.70. The quantitative estimate of drug-likeness (QED) is 0.239. The number of hydrogen-bond donors (Lipinski definition) is 2. The van der Waals surface area contributed by atoms with Crippen molar-refractivity contribution in [1.29, 1.82) is 0 Å². The van der Waals surface area contributed by atoms with Gasteiger partial charge in [-0.2, -0.15) is 0 Å². The summed E-state index contributed by atoms with van der Waals surface area (Å²) in [5.41, 5.74) is 13.6. The van der Waals surface area contributed by atoms with E-state index in [4.69, 9.17) is 20.9 Å². The van der Waals surface area contributed by atoms with Gasteiger partial charge < -0.3 is 20.9 Å². The van der Waals surface area contributed by atoms with Crippen LogP contribution in [0.15, 0.2) is 48.5 Å². The van der Waals surface area contributed by atoms with Crippen LogP contribution in [0, 0.1) is 0 Å². The second kappa shape index (κ2) is 14.1. The Morgan fingerprint density at radius 2 is 0.806 bits per heavy atom. The molecule has 0 amide bonds. The number of benzene rings is 2. The van der Waals surface area contributed by atoms with Crippen molar-refractivity contribution in [2.24, 2.45) is 0 Å². The largest absolute Gasteiger partial charge is 0.462 e. The molecule has 0 aliphatic carbocycles. The molecule has 0 bridgehead atoms. The molecule has 2 rings (SSSR count). The Kier molecular flexibility index (Phi) is 11.0. The smallest absolute Gasteiger partial charge is 0.338 e. The number of hydrogen-bond acceptors (Lipinski definition) is 6. The van der Waals surface area contributed by atoms with Crippen molar-refractivity contribution in [2.45, 2.75) is 57.8 Å². The molecule has 0 saturated heterocycles. The number of nitrogen functional groups attached to an aromatic ring is 2. The maximum Gasteiger partial charge on any atom is 0.338 e. The zero-order chi connectivity index (χ0) is 22.3. The van der Waals surface area contributed by atoms with Gasteiger partial charge in [-0.05, 0) is 61.4 Å². The molecule has 0 heterocycles. The van der Waals surface area contributed by atoms with Gasteiger partial charge in [0.1, 0.15) is 0 Å². The molecule has 0 atom stereocenters. The van der Waals surface area contributed by atoms with Crippen molar-refractivity contribution in [2.75, 3.05) is 24.7 Å². The Bertz CT molecular complexity index is 721. The molecule has 4 N–H and O–H groups in total. The average Bonchev–Trinajstić information content (AvgIpc) is 2.77. The molecular weight excluding hydrogens is 392 g/mol. The molecule has 6 nitrogen and oxygen atoms in total. The van der Waals surface area contributed by atoms with E-state index >= 15 is 0 Å². The average molecular weight is 427 g/mol. The van der Waals surface area contributed by atoms with Crippen LogP contribution in [0.25, 0.3) is 0 Å². The monoisotopic (exact) mass is 426 g/mol. The van der Waals surface area contributed by atoms with Crippen molar-refractivity contribution in [3.63, 3.8) is 0 Å². The number of unbranched alkanes of at least 4 members (excludes halogenated alkanes) is 8. The summed E-state index contributed by atoms with van der Waals surface area (Å²) in [5.74, 6) is -0.585. The van der Waals surface area contributed by atoms with E-state index in [0.717, 1.165) is 38.5 Å². The third-order valence-corrected chi connectivity index (χ3v) is 5.05. The highest BCUT2D eigenvalue weighted by atomic mass is 16.5. The van der Waals surface area contributed by atoms with Crippen molar-refractivity contribution >= 4 is 23.3 Å². The molecular formula is C25H34N2O4. The van der Waals surface area contributed by atoms with Gasteiger partial charge in [0.25, 0.3) is 0 Å². The van der Waals surface area contributed by atoms with Crippen molar-refractivity contribution in [3.8, 4) is 0 Å². The summed E-state index contributed by atoms with van der Waals surface area (Å²) in [6.07, 6.45) is 9.80. The summed E-state index contributed by atoms with van der Waals surface area (Å²) in [7, 11) is 0. The van der Waals surface area contributed by atoms with Gasteiger partial charge in [-0.3, -0.25) is 0 Å². The van der Waals surface area contributed by atoms with Crippen LogP contribution in [-0.2, 0) is 9.47 Å². The maximum absolute atomic E-state index is 11.9. The molecule has 6 heteroatoms. The topological polar surface area (TPSA) is 105 Å². The second-order valence-electron chi connectivity index (χ2n) is 7.70. The number of carbonyl (C=O) groups is 2. The van der Waals surface area contributed by atoms with Crippen molar-refractivity contribution in [1.82, 2.24) is 0 Å². The Labute approximate surface area is 184 Å². The molecule has 0 aliphatic rings. The Morgan fingerprint density at radius 3 is 1.13 bits per heavy atom. The van der Waals surface area contributed by atoms with Gasteiger partial charge in [-0.1, -0.05) is 44.9 Å². The minimum Gasteiger partial charge on any atom is -0.462 e. The SMILES string of the molecule is Nc1ccc(C(=O)OCCCCCCCCCCCOC(=O)c2ccc(N)cc2)cc1. The lowest BCUT2D eigenvalue weighted by molar-refractivity contribution is 0.0489. The van der Waals surface area contributed by atoms with Crippen LogP contribution in [0.5, 0.6) is 0 Å². The lowest BCUT2D eigenvalue weighted by atomic mass is 10.1. The third-order valence-electron chi connectivity index (χ3n) is 5.05. The van der Waals surface area contributed by atoms with Gasteiger partial charge in [0.2, 0.25) is 0 Å². The minimum absolute atomic E-state index is 0.292. The fourth-order valence-corrected chi connectivity index (χ4v) is 3.18. The van der Waals surface area contributed by atoms with Crippen LogP contribution in [0.3, 0.4) is 0 Å². The standard InChI is InChI=1S/C25H34N2O4/c26-22-14-10-20(11-15-22)24(28)30-18-8-6-4-2-1-3-5-7-9-19-31-25(29)21-12-16-23(27)17-13-21/h10-17H,1-9,18-19,26-27H2. The van der Waals surface area contributed by atoms with E-state index < -0.39 is 0 Å². The normalized spacial score (nSPS) is 10.6. The third kappa shape index (κ3) is 10.0. The number of carbonyl (C=O) groups excluding carboxylic acids is 2. The molecule has 0 aliphatic heterocycles. The van der Waals surface area contributed by atoms with Crippen molar-refractivity contribution < 1.29 is 19.1 Å². The van der Waals surface area contributed by atoms with E-state index in [1.807, 2.05) is 0 Å². The summed E-state index contributed by atoms with van der Waals surface area (Å²) < 4.78 is 10.6. The summed E-state index contributed by atoms with van der Waals surface area (Å²) in [5, 5.41) is 0. The fourth-order valence-electron chi connectivity index (χ4n) is 3.18. The number of ether oxygens (including phenoxy) is 2. The number of anilines is 2. The van der Waals surface area contributed by atoms with E-state index in [9.17, 15) is 9.59 Å². The predicted molar refractivity (Wildman–Crippen MR) is 124 cm³/mol. The van der Waals surface area contributed by atoms with Crippen LogP contribution in [0.2, 0.25) is 0 Å². The Balaban J connectivity index is 1.36. The highest BCUT2D eigenvalue weighted by Crippen LogP contribution is 2.12. The van der Waals surface area contributed by atoms with Gasteiger partial charge in [0, 0.05) is 11.4 Å². The van der Waals surface area contributed by atoms with Crippen LogP contribution < -0.4 is 11.5 Å². The minimum atomic E-state index is -0.292. The summed E-state index contributed by atoms with van der Waals surface area (Å²) in [6.45, 7) is 0.913. The van der Waals surface area contributed by atoms with Gasteiger partial charge >= 0.3 is 11.9 Å². The van der Waals surface area contributed by atoms with Gasteiger partial charge in [0.15, 0.2) is 0 Å². The van der Waals surface area contributed by atoms with Crippen LogP contribution in [0.4, 0.5) is 11.4 Å².